The van der Waals surface area contributed by atoms with Gasteiger partial charge in [-0.15, -0.1) is 5.10 Å². The van der Waals surface area contributed by atoms with Crippen LogP contribution in [0.4, 0.5) is 13.2 Å². The molecule has 3 heterocycles. The number of aliphatic hydroxyl groups is 1. The second-order valence-corrected chi connectivity index (χ2v) is 10.3. The Morgan fingerprint density at radius 3 is 2.57 bits per heavy atom. The number of carbonyl (C=O) groups excluding carboxylic acids is 2. The summed E-state index contributed by atoms with van der Waals surface area (Å²) in [6, 6.07) is -0.772. The lowest BCUT2D eigenvalue weighted by molar-refractivity contribution is -0.144. The molecule has 2 aliphatic rings. The maximum atomic E-state index is 13.7. The molecule has 4 rings (SSSR count). The van der Waals surface area contributed by atoms with Gasteiger partial charge in [-0.3, -0.25) is 14.3 Å². The molecule has 1 saturated heterocycles. The van der Waals surface area contributed by atoms with E-state index in [0.29, 0.717) is 5.92 Å². The third kappa shape index (κ3) is 5.65. The van der Waals surface area contributed by atoms with Gasteiger partial charge in [0.05, 0.1) is 18.3 Å². The number of hydrogen-bond acceptors (Lipinski definition) is 6. The molecule has 2 aromatic rings. The zero-order chi connectivity index (χ0) is 25.5. The number of nitrogens with zero attached hydrogens (tertiary/aromatic N) is 6. The normalized spacial score (nSPS) is 21.9. The molecule has 0 spiro atoms. The monoisotopic (exact) mass is 497 g/mol. The minimum atomic E-state index is -4.54. The molecule has 192 valence electrons. The van der Waals surface area contributed by atoms with Crippen molar-refractivity contribution in [1.29, 1.82) is 0 Å². The number of aliphatic hydroxyl groups excluding tert-OH is 1. The molecule has 2 fully saturated rings. The van der Waals surface area contributed by atoms with Crippen LogP contribution in [0.3, 0.4) is 0 Å². The van der Waals surface area contributed by atoms with Crippen LogP contribution in [0.15, 0.2) is 18.5 Å². The first kappa shape index (κ1) is 25.1. The van der Waals surface area contributed by atoms with E-state index in [0.717, 1.165) is 29.3 Å². The van der Waals surface area contributed by atoms with E-state index in [4.69, 9.17) is 0 Å². The lowest BCUT2D eigenvalue weighted by Crippen LogP contribution is -2.50. The number of alkyl halides is 3. The number of hydrogen-bond donors (Lipinski definition) is 2. The van der Waals surface area contributed by atoms with E-state index in [-0.39, 0.29) is 32.0 Å². The first-order valence-corrected chi connectivity index (χ1v) is 11.6. The lowest BCUT2D eigenvalue weighted by atomic mass is 9.85. The van der Waals surface area contributed by atoms with Gasteiger partial charge in [-0.05, 0) is 24.3 Å². The van der Waals surface area contributed by atoms with Gasteiger partial charge in [0.25, 0.3) is 0 Å². The summed E-state index contributed by atoms with van der Waals surface area (Å²) in [5, 5.41) is 24.8. The summed E-state index contributed by atoms with van der Waals surface area (Å²) >= 11 is 0. The molecule has 13 heteroatoms. The van der Waals surface area contributed by atoms with Crippen LogP contribution in [0.25, 0.3) is 0 Å². The molecule has 2 aromatic heterocycles. The van der Waals surface area contributed by atoms with Gasteiger partial charge in [-0.1, -0.05) is 26.0 Å². The van der Waals surface area contributed by atoms with Crippen molar-refractivity contribution in [1.82, 2.24) is 35.0 Å². The van der Waals surface area contributed by atoms with E-state index >= 15 is 0 Å². The summed E-state index contributed by atoms with van der Waals surface area (Å²) < 4.78 is 40.8. The number of amides is 2. The van der Waals surface area contributed by atoms with Crippen LogP contribution in [0.5, 0.6) is 0 Å². The van der Waals surface area contributed by atoms with E-state index in [1.165, 1.54) is 11.1 Å². The molecule has 10 nitrogen and oxygen atoms in total. The summed E-state index contributed by atoms with van der Waals surface area (Å²) in [5.74, 6) is -0.458. The minimum absolute atomic E-state index is 0.00176. The van der Waals surface area contributed by atoms with E-state index in [1.807, 2.05) is 20.8 Å². The predicted octanol–water partition coefficient (Wildman–Crippen LogP) is 1.74. The molecule has 2 N–H and O–H groups in total. The third-order valence-electron chi connectivity index (χ3n) is 6.28. The Labute approximate surface area is 200 Å². The maximum absolute atomic E-state index is 13.7. The Kier molecular flexibility index (Phi) is 6.64. The fraction of sp³-hybridized carbons (Fsp3) is 0.682. The Balaban J connectivity index is 1.43. The smallest absolute Gasteiger partial charge is 0.391 e. The van der Waals surface area contributed by atoms with Gasteiger partial charge >= 0.3 is 6.18 Å². The van der Waals surface area contributed by atoms with Gasteiger partial charge in [0.1, 0.15) is 12.1 Å². The van der Waals surface area contributed by atoms with Crippen molar-refractivity contribution < 1.29 is 27.9 Å². The van der Waals surface area contributed by atoms with Crippen molar-refractivity contribution in [2.24, 2.45) is 5.41 Å². The fourth-order valence-electron chi connectivity index (χ4n) is 4.38. The molecule has 0 radical (unpaired) electrons. The van der Waals surface area contributed by atoms with Gasteiger partial charge < -0.3 is 15.3 Å². The zero-order valence-electron chi connectivity index (χ0n) is 19.9. The quantitative estimate of drug-likeness (QED) is 0.602. The minimum Gasteiger partial charge on any atom is -0.391 e. The van der Waals surface area contributed by atoms with Crippen molar-refractivity contribution >= 4 is 11.8 Å². The Bertz CT molecular complexity index is 1070. The molecule has 2 unspecified atom stereocenters. The van der Waals surface area contributed by atoms with Crippen LogP contribution in [-0.2, 0) is 22.3 Å². The first-order valence-electron chi connectivity index (χ1n) is 11.6. The Morgan fingerprint density at radius 2 is 1.97 bits per heavy atom. The van der Waals surface area contributed by atoms with Crippen LogP contribution in [0.2, 0.25) is 0 Å². The summed E-state index contributed by atoms with van der Waals surface area (Å²) in [4.78, 5) is 27.9. The second kappa shape index (κ2) is 9.25. The van der Waals surface area contributed by atoms with Crippen LogP contribution in [0.1, 0.15) is 63.4 Å². The molecule has 0 aromatic carbocycles. The number of likely N-dealkylation sites (tertiary alicyclic amines) is 1. The molecule has 1 aliphatic carbocycles. The highest BCUT2D eigenvalue weighted by molar-refractivity contribution is 5.90. The van der Waals surface area contributed by atoms with Crippen molar-refractivity contribution in [2.45, 2.75) is 76.9 Å². The van der Waals surface area contributed by atoms with E-state index in [1.54, 1.807) is 10.9 Å². The van der Waals surface area contributed by atoms with Gasteiger partial charge in [0.15, 0.2) is 5.69 Å². The lowest BCUT2D eigenvalue weighted by Gasteiger charge is -2.34. The van der Waals surface area contributed by atoms with Crippen LogP contribution in [-0.4, -0.2) is 71.8 Å². The molecule has 3 atom stereocenters. The summed E-state index contributed by atoms with van der Waals surface area (Å²) in [6.45, 7) is 5.74. The number of rotatable bonds is 7. The van der Waals surface area contributed by atoms with Gasteiger partial charge in [0, 0.05) is 37.8 Å². The fourth-order valence-corrected chi connectivity index (χ4v) is 4.38. The van der Waals surface area contributed by atoms with E-state index < -0.39 is 41.4 Å². The predicted molar refractivity (Wildman–Crippen MR) is 117 cm³/mol. The topological polar surface area (TPSA) is 118 Å². The number of aromatic nitrogens is 5. The van der Waals surface area contributed by atoms with Crippen LogP contribution in [0, 0.1) is 5.41 Å². The number of carbonyl (C=O) groups is 2. The molecule has 0 bridgehead atoms. The number of nitrogens with one attached hydrogen (secondary N) is 1. The highest BCUT2D eigenvalue weighted by Gasteiger charge is 2.45. The molecule has 1 aliphatic heterocycles. The van der Waals surface area contributed by atoms with Crippen LogP contribution < -0.4 is 5.32 Å². The second-order valence-electron chi connectivity index (χ2n) is 10.3. The van der Waals surface area contributed by atoms with Gasteiger partial charge in [-0.25, -0.2) is 4.68 Å². The van der Waals surface area contributed by atoms with Crippen molar-refractivity contribution in [3.63, 3.8) is 0 Å². The SMILES string of the molecule is CC(C)(C)[C@@H](C(=O)N1CC(O)CC1C(=O)NCCn1ccc(C(F)(F)F)n1)n1cc(C2CC2)nn1. The zero-order valence-corrected chi connectivity index (χ0v) is 19.9. The standard InChI is InChI=1S/C22H30F3N7O3/c1-21(2,3)18(32-12-15(27-29-32)13-4-5-13)20(35)31-11-14(33)10-16(31)19(34)26-7-9-30-8-6-17(28-30)22(23,24)25/h6,8,12-14,16,18,33H,4-5,7,9-11H2,1-3H3,(H,26,34)/t14?,16?,18-/m1/s1. The summed E-state index contributed by atoms with van der Waals surface area (Å²) in [6.07, 6.45) is -0.277. The molecular formula is C22H30F3N7O3. The van der Waals surface area contributed by atoms with Gasteiger partial charge in [-0.2, -0.15) is 18.3 Å². The molecule has 35 heavy (non-hydrogen) atoms. The largest absolute Gasteiger partial charge is 0.435 e. The average Bonchev–Trinajstić information content (AvgIpc) is 3.12. The summed E-state index contributed by atoms with van der Waals surface area (Å²) in [5.41, 5.74) is -0.711. The first-order chi connectivity index (χ1) is 16.3. The molecular weight excluding hydrogens is 467 g/mol. The average molecular weight is 498 g/mol. The third-order valence-corrected chi connectivity index (χ3v) is 6.28. The molecule has 1 saturated carbocycles. The summed E-state index contributed by atoms with van der Waals surface area (Å²) in [7, 11) is 0. The van der Waals surface area contributed by atoms with E-state index in [2.05, 4.69) is 20.7 Å². The number of β-amino-alcohol motifs (C(OH)–C–C–N with tert-alkyl or cyclic N) is 1. The van der Waals surface area contributed by atoms with Crippen molar-refractivity contribution in [3.05, 3.63) is 29.8 Å². The Hall–Kier alpha value is -2.96. The van der Waals surface area contributed by atoms with Crippen molar-refractivity contribution in [3.8, 4) is 0 Å². The van der Waals surface area contributed by atoms with Crippen LogP contribution >= 0.6 is 0 Å². The Morgan fingerprint density at radius 1 is 1.26 bits per heavy atom. The molecule has 2 amide bonds. The number of halogens is 3. The van der Waals surface area contributed by atoms with Gasteiger partial charge in [0.2, 0.25) is 11.8 Å². The highest BCUT2D eigenvalue weighted by atomic mass is 19.4. The highest BCUT2D eigenvalue weighted by Crippen LogP contribution is 2.40. The van der Waals surface area contributed by atoms with Crippen molar-refractivity contribution in [2.75, 3.05) is 13.1 Å². The maximum Gasteiger partial charge on any atom is 0.435 e. The van der Waals surface area contributed by atoms with E-state index in [9.17, 15) is 27.9 Å².